The molecule has 0 aliphatic heterocycles. The molecule has 0 saturated carbocycles. The first-order valence-corrected chi connectivity index (χ1v) is 28.0. The number of nitrogens with one attached hydrogen (secondary N) is 5. The summed E-state index contributed by atoms with van der Waals surface area (Å²) in [6.07, 6.45) is 12.5. The minimum Gasteiger partial charge on any atom is -0.480 e. The Morgan fingerprint density at radius 1 is 0.560 bits per heavy atom. The number of carbonyl (C=O) groups is 6. The van der Waals surface area contributed by atoms with E-state index < -0.39 is 30.2 Å². The smallest absolute Gasteiger partial charge is 0.407 e. The van der Waals surface area contributed by atoms with Crippen molar-refractivity contribution in [3.05, 3.63) is 66.3 Å². The van der Waals surface area contributed by atoms with Gasteiger partial charge in [0, 0.05) is 72.8 Å². The maximum absolute atomic E-state index is 13.1. The lowest BCUT2D eigenvalue weighted by Gasteiger charge is -2.28. The molecule has 4 heterocycles. The Balaban J connectivity index is 0.00000119. The third-order valence-corrected chi connectivity index (χ3v) is 14.3. The molecule has 424 valence electrons. The summed E-state index contributed by atoms with van der Waals surface area (Å²) < 4.78 is 10.4. The SMILES string of the molecule is C.CC(C)[C@H](NC(=O)N(C)Cc1cncs1)C(=O)O.CC[C@@H](CC[C@H](CC)NC(=O)[C@@H](NC(=O)N(C)Cc1cncs1)C(C)C)NC(=O)OCc1cncs1.CC[C@H](N)CC[C@H](CC)NC(=O)OCc1cncs1.I. The number of nitrogens with two attached hydrogens (primary N) is 1. The minimum atomic E-state index is -1.02. The lowest BCUT2D eigenvalue weighted by Crippen LogP contribution is -2.54. The lowest BCUT2D eigenvalue weighted by atomic mass is 10.00. The fraction of sp³-hybridized carbons (Fsp3) is 0.633. The zero-order valence-corrected chi connectivity index (χ0v) is 49.8. The predicted molar refractivity (Wildman–Crippen MR) is 309 cm³/mol. The number of carboxylic acids is 1. The van der Waals surface area contributed by atoms with E-state index in [0.29, 0.717) is 25.9 Å². The van der Waals surface area contributed by atoms with Gasteiger partial charge in [0.15, 0.2) is 0 Å². The molecule has 0 spiro atoms. The quantitative estimate of drug-likeness (QED) is 0.0274. The number of hydrogen-bond acceptors (Lipinski definition) is 17. The molecular formula is C49H83IN12O9S4. The summed E-state index contributed by atoms with van der Waals surface area (Å²) in [4.78, 5) is 94.9. The highest BCUT2D eigenvalue weighted by Gasteiger charge is 2.28. The summed E-state index contributed by atoms with van der Waals surface area (Å²) >= 11 is 5.84. The topological polar surface area (TPSA) is 285 Å². The molecule has 0 radical (unpaired) electrons. The first kappa shape index (κ1) is 70.2. The fourth-order valence-electron chi connectivity index (χ4n) is 6.55. The predicted octanol–water partition coefficient (Wildman–Crippen LogP) is 9.46. The lowest BCUT2D eigenvalue weighted by molar-refractivity contribution is -0.140. The van der Waals surface area contributed by atoms with Gasteiger partial charge in [0.1, 0.15) is 25.3 Å². The molecule has 4 aromatic heterocycles. The summed E-state index contributed by atoms with van der Waals surface area (Å²) in [6.45, 7) is 16.8. The van der Waals surface area contributed by atoms with E-state index in [1.165, 1.54) is 50.2 Å². The maximum Gasteiger partial charge on any atom is 0.407 e. The number of ether oxygens (including phenoxy) is 2. The molecule has 0 saturated heterocycles. The number of halogens is 1. The third kappa shape index (κ3) is 29.4. The van der Waals surface area contributed by atoms with Gasteiger partial charge in [0.2, 0.25) is 5.91 Å². The fourth-order valence-corrected chi connectivity index (χ4v) is 8.86. The highest BCUT2D eigenvalue weighted by molar-refractivity contribution is 14.0. The molecule has 75 heavy (non-hydrogen) atoms. The second kappa shape index (κ2) is 39.6. The van der Waals surface area contributed by atoms with Gasteiger partial charge in [0.25, 0.3) is 0 Å². The van der Waals surface area contributed by atoms with E-state index in [2.05, 4.69) is 53.4 Å². The molecule has 0 fully saturated rings. The Bertz CT molecular complexity index is 2140. The molecule has 21 nitrogen and oxygen atoms in total. The van der Waals surface area contributed by atoms with Gasteiger partial charge in [-0.1, -0.05) is 62.8 Å². The van der Waals surface area contributed by atoms with Crippen LogP contribution in [0.15, 0.2) is 46.8 Å². The van der Waals surface area contributed by atoms with Crippen LogP contribution in [0.2, 0.25) is 0 Å². The average molecular weight is 1240 g/mol. The third-order valence-electron chi connectivity index (χ3n) is 11.3. The Hall–Kier alpha value is -4.77. The van der Waals surface area contributed by atoms with Gasteiger partial charge in [0.05, 0.1) is 44.9 Å². The van der Waals surface area contributed by atoms with E-state index in [9.17, 15) is 28.8 Å². The van der Waals surface area contributed by atoms with Crippen LogP contribution in [0.5, 0.6) is 0 Å². The van der Waals surface area contributed by atoms with Crippen molar-refractivity contribution < 1.29 is 43.3 Å². The maximum atomic E-state index is 13.1. The molecule has 8 N–H and O–H groups in total. The number of alkyl carbamates (subject to hydrolysis) is 2. The van der Waals surface area contributed by atoms with Crippen molar-refractivity contribution in [1.29, 1.82) is 0 Å². The second-order valence-electron chi connectivity index (χ2n) is 17.9. The highest BCUT2D eigenvalue weighted by atomic mass is 127. The molecule has 4 rings (SSSR count). The van der Waals surface area contributed by atoms with Crippen LogP contribution in [-0.2, 0) is 45.4 Å². The van der Waals surface area contributed by atoms with E-state index in [4.69, 9.17) is 20.3 Å². The minimum absolute atomic E-state index is 0. The van der Waals surface area contributed by atoms with E-state index in [0.717, 1.165) is 58.0 Å². The molecule has 7 amide bonds. The Kier molecular flexibility index (Phi) is 37.1. The zero-order chi connectivity index (χ0) is 54.3. The van der Waals surface area contributed by atoms with Crippen LogP contribution in [0.4, 0.5) is 19.2 Å². The van der Waals surface area contributed by atoms with Gasteiger partial charge in [-0.3, -0.25) is 24.7 Å². The Morgan fingerprint density at radius 2 is 0.907 bits per heavy atom. The first-order chi connectivity index (χ1) is 34.8. The number of hydrogen-bond donors (Lipinski definition) is 7. The first-order valence-electron chi connectivity index (χ1n) is 24.5. The summed E-state index contributed by atoms with van der Waals surface area (Å²) in [5, 5.41) is 23.2. The van der Waals surface area contributed by atoms with E-state index in [1.54, 1.807) is 79.7 Å². The summed E-state index contributed by atoms with van der Waals surface area (Å²) in [7, 11) is 3.31. The van der Waals surface area contributed by atoms with Crippen molar-refractivity contribution in [1.82, 2.24) is 56.3 Å². The van der Waals surface area contributed by atoms with Crippen LogP contribution in [0, 0.1) is 11.8 Å². The molecular weight excluding hydrogens is 1160 g/mol. The molecule has 0 aliphatic rings. The monoisotopic (exact) mass is 1240 g/mol. The van der Waals surface area contributed by atoms with Gasteiger partial charge in [-0.05, 0) is 63.2 Å². The van der Waals surface area contributed by atoms with Crippen molar-refractivity contribution in [2.75, 3.05) is 14.1 Å². The molecule has 0 aliphatic carbocycles. The van der Waals surface area contributed by atoms with Crippen molar-refractivity contribution in [3.63, 3.8) is 0 Å². The Morgan fingerprint density at radius 3 is 1.23 bits per heavy atom. The van der Waals surface area contributed by atoms with Crippen LogP contribution in [-0.4, -0.2) is 121 Å². The van der Waals surface area contributed by atoms with Crippen molar-refractivity contribution in [2.45, 2.75) is 177 Å². The Labute approximate surface area is 476 Å². The van der Waals surface area contributed by atoms with Crippen LogP contribution < -0.4 is 32.3 Å². The molecule has 26 heteroatoms. The molecule has 6 atom stereocenters. The standard InChI is InChI=1S/C24H38N6O4S2.C13H23N3O2S.C11H17N3O3S.CH4.HI/c1-6-17(8-9-18(7-2)28-24(33)34-13-20-11-26-15-36-20)27-22(31)21(16(3)4)29-23(32)30(5)12-19-10-25-14-35-19;1-3-10(14)5-6-11(4-2)16-13(17)18-8-12-7-15-9-19-12;1-7(2)9(10(15)16)13-11(17)14(3)5-8-4-12-6-18-8;;/h10-11,14-18,21H,6-9,12-13H2,1-5H3,(H,27,31)(H,28,33)(H,29,32);7,9-11H,3-6,8,14H2,1-2H3,(H,16,17);4,6-7,9H,5H2,1-3H3,(H,13,17)(H,15,16);1H4;1H/t17-,18-,21-;10-,11-;9-;;/m000../s1. The van der Waals surface area contributed by atoms with Crippen LogP contribution >= 0.6 is 69.3 Å². The van der Waals surface area contributed by atoms with Gasteiger partial charge in [-0.15, -0.1) is 69.3 Å². The van der Waals surface area contributed by atoms with E-state index in [1.807, 2.05) is 34.6 Å². The van der Waals surface area contributed by atoms with Gasteiger partial charge in [-0.2, -0.15) is 0 Å². The van der Waals surface area contributed by atoms with Crippen molar-refractivity contribution >= 4 is 105 Å². The van der Waals surface area contributed by atoms with Gasteiger partial charge >= 0.3 is 30.2 Å². The van der Waals surface area contributed by atoms with Crippen LogP contribution in [0.25, 0.3) is 0 Å². The van der Waals surface area contributed by atoms with Crippen LogP contribution in [0.1, 0.15) is 134 Å². The van der Waals surface area contributed by atoms with Crippen molar-refractivity contribution in [2.24, 2.45) is 17.6 Å². The number of aromatic nitrogens is 4. The second-order valence-corrected chi connectivity index (χ2v) is 21.7. The average Bonchev–Trinajstić information content (AvgIpc) is 4.24. The van der Waals surface area contributed by atoms with Gasteiger partial charge in [-0.25, -0.2) is 24.0 Å². The van der Waals surface area contributed by atoms with Gasteiger partial charge < -0.3 is 56.7 Å². The summed E-state index contributed by atoms with van der Waals surface area (Å²) in [6, 6.07) is -2.03. The molecule has 0 unspecified atom stereocenters. The molecule has 4 aromatic rings. The highest BCUT2D eigenvalue weighted by Crippen LogP contribution is 2.15. The number of nitrogens with zero attached hydrogens (tertiary/aromatic N) is 6. The number of aliphatic carboxylic acids is 1. The number of carbonyl (C=O) groups excluding carboxylic acids is 5. The zero-order valence-electron chi connectivity index (χ0n) is 44.2. The largest absolute Gasteiger partial charge is 0.480 e. The van der Waals surface area contributed by atoms with E-state index in [-0.39, 0.29) is 98.7 Å². The number of carboxylic acid groups (broad SMARTS) is 1. The number of amides is 7. The number of thiazole rings is 4. The normalized spacial score (nSPS) is 12.9. The van der Waals surface area contributed by atoms with E-state index >= 15 is 0 Å². The number of urea groups is 2. The van der Waals surface area contributed by atoms with Crippen LogP contribution in [0.3, 0.4) is 0 Å². The molecule has 0 aromatic carbocycles. The number of rotatable bonds is 27. The summed E-state index contributed by atoms with van der Waals surface area (Å²) in [5.74, 6) is -1.48. The summed E-state index contributed by atoms with van der Waals surface area (Å²) in [5.41, 5.74) is 12.7. The van der Waals surface area contributed by atoms with Crippen molar-refractivity contribution in [3.8, 4) is 0 Å². The molecule has 0 bridgehead atoms.